The predicted molar refractivity (Wildman–Crippen MR) is 90.0 cm³/mol. The van der Waals surface area contributed by atoms with E-state index in [1.807, 2.05) is 12.1 Å². The summed E-state index contributed by atoms with van der Waals surface area (Å²) in [4.78, 5) is 4.00. The Kier molecular flexibility index (Phi) is 5.76. The minimum Gasteiger partial charge on any atom is -0.493 e. The van der Waals surface area contributed by atoms with Crippen LogP contribution in [0, 0.1) is 0 Å². The first-order valence-electron chi connectivity index (χ1n) is 6.61. The molecule has 0 fully saturated rings. The first-order valence-corrected chi connectivity index (χ1v) is 6.99. The summed E-state index contributed by atoms with van der Waals surface area (Å²) >= 11 is 5.75. The van der Waals surface area contributed by atoms with Gasteiger partial charge in [0, 0.05) is 11.8 Å². The number of methoxy groups -OCH3 is 1. The number of aromatic nitrogens is 1. The van der Waals surface area contributed by atoms with E-state index in [-0.39, 0.29) is 5.96 Å². The zero-order chi connectivity index (χ0) is 16.7. The fourth-order valence-electron chi connectivity index (χ4n) is 1.70. The normalized spacial score (nSPS) is 10.5. The summed E-state index contributed by atoms with van der Waals surface area (Å²) in [6.07, 6.45) is 3.17. The molecule has 1 aromatic carbocycles. The van der Waals surface area contributed by atoms with Gasteiger partial charge in [0.25, 0.3) is 0 Å². The van der Waals surface area contributed by atoms with Crippen molar-refractivity contribution in [1.82, 2.24) is 4.98 Å². The number of benzene rings is 1. The van der Waals surface area contributed by atoms with E-state index < -0.39 is 0 Å². The summed E-state index contributed by atoms with van der Waals surface area (Å²) in [7, 11) is 1.56. The average molecular weight is 334 g/mol. The van der Waals surface area contributed by atoms with Crippen LogP contribution < -0.4 is 20.9 Å². The van der Waals surface area contributed by atoms with Crippen molar-refractivity contribution < 1.29 is 9.47 Å². The largest absolute Gasteiger partial charge is 0.493 e. The Morgan fingerprint density at radius 2 is 2.09 bits per heavy atom. The van der Waals surface area contributed by atoms with Gasteiger partial charge in [0.15, 0.2) is 11.5 Å². The van der Waals surface area contributed by atoms with Crippen LogP contribution in [0.5, 0.6) is 11.5 Å². The van der Waals surface area contributed by atoms with Gasteiger partial charge in [-0.25, -0.2) is 4.98 Å². The molecule has 0 radical (unpaired) electrons. The maximum atomic E-state index is 5.75. The average Bonchev–Trinajstić information content (AvgIpc) is 2.54. The van der Waals surface area contributed by atoms with Gasteiger partial charge in [-0.1, -0.05) is 17.7 Å². The molecule has 23 heavy (non-hydrogen) atoms. The van der Waals surface area contributed by atoms with Crippen molar-refractivity contribution in [3.8, 4) is 11.5 Å². The van der Waals surface area contributed by atoms with Crippen molar-refractivity contribution >= 4 is 23.8 Å². The molecule has 1 aromatic heterocycles. The summed E-state index contributed by atoms with van der Waals surface area (Å²) in [5.74, 6) is 1.06. The second-order valence-corrected chi connectivity index (χ2v) is 4.84. The molecule has 0 atom stereocenters. The van der Waals surface area contributed by atoms with E-state index in [2.05, 4.69) is 15.2 Å². The van der Waals surface area contributed by atoms with E-state index in [9.17, 15) is 0 Å². The molecule has 7 nitrogen and oxygen atoms in total. The maximum absolute atomic E-state index is 5.75. The molecule has 0 bridgehead atoms. The number of nitrogens with zero attached hydrogens (tertiary/aromatic N) is 3. The Bertz CT molecular complexity index is 712. The number of ether oxygens (including phenoxy) is 2. The van der Waals surface area contributed by atoms with Crippen LogP contribution in [0.1, 0.15) is 11.1 Å². The summed E-state index contributed by atoms with van der Waals surface area (Å²) in [6.45, 7) is 0.349. The quantitative estimate of drug-likeness (QED) is 0.363. The fraction of sp³-hybridized carbons (Fsp3) is 0.133. The van der Waals surface area contributed by atoms with Crippen LogP contribution in [0.25, 0.3) is 0 Å². The highest BCUT2D eigenvalue weighted by Gasteiger charge is 2.06. The number of nitrogens with two attached hydrogens (primary N) is 2. The molecule has 0 aliphatic rings. The standard InChI is InChI=1S/C15H16ClN5O2/c1-22-13-6-10(8-20-21-15(17)18)2-4-12(13)23-9-11-3-5-14(16)19-7-11/h2-8H,9H2,1H3,(H4,17,18,21). The number of halogens is 1. The van der Waals surface area contributed by atoms with Crippen molar-refractivity contribution in [3.63, 3.8) is 0 Å². The Hall–Kier alpha value is -2.80. The number of guanidine groups is 1. The molecule has 0 aliphatic carbocycles. The van der Waals surface area contributed by atoms with E-state index in [0.29, 0.717) is 23.3 Å². The third-order valence-electron chi connectivity index (χ3n) is 2.75. The van der Waals surface area contributed by atoms with Crippen molar-refractivity contribution in [2.45, 2.75) is 6.61 Å². The van der Waals surface area contributed by atoms with Crippen LogP contribution in [0.2, 0.25) is 5.15 Å². The van der Waals surface area contributed by atoms with Crippen LogP contribution in [0.3, 0.4) is 0 Å². The molecular formula is C15H16ClN5O2. The van der Waals surface area contributed by atoms with Crippen LogP contribution in [0.4, 0.5) is 0 Å². The first kappa shape index (κ1) is 16.6. The molecule has 120 valence electrons. The lowest BCUT2D eigenvalue weighted by atomic mass is 10.2. The second kappa shape index (κ2) is 8.00. The molecule has 0 aliphatic heterocycles. The van der Waals surface area contributed by atoms with Gasteiger partial charge in [-0.15, -0.1) is 5.10 Å². The first-order chi connectivity index (χ1) is 11.1. The minimum absolute atomic E-state index is 0.107. The fourth-order valence-corrected chi connectivity index (χ4v) is 1.81. The number of rotatable bonds is 6. The molecule has 0 unspecified atom stereocenters. The summed E-state index contributed by atoms with van der Waals surface area (Å²) in [5, 5.41) is 7.72. The van der Waals surface area contributed by atoms with Gasteiger partial charge in [-0.2, -0.15) is 5.10 Å². The van der Waals surface area contributed by atoms with Gasteiger partial charge >= 0.3 is 0 Å². The van der Waals surface area contributed by atoms with Crippen molar-refractivity contribution in [2.75, 3.05) is 7.11 Å². The van der Waals surface area contributed by atoms with E-state index in [1.54, 1.807) is 31.5 Å². The number of hydrogen-bond donors (Lipinski definition) is 2. The molecular weight excluding hydrogens is 318 g/mol. The van der Waals surface area contributed by atoms with E-state index in [1.165, 1.54) is 6.21 Å². The maximum Gasteiger partial charge on any atom is 0.211 e. The predicted octanol–water partition coefficient (Wildman–Crippen LogP) is 1.93. The van der Waals surface area contributed by atoms with Gasteiger partial charge in [0.1, 0.15) is 11.8 Å². The number of hydrogen-bond acceptors (Lipinski definition) is 5. The molecule has 2 rings (SSSR count). The monoisotopic (exact) mass is 333 g/mol. The van der Waals surface area contributed by atoms with E-state index in [0.717, 1.165) is 11.1 Å². The van der Waals surface area contributed by atoms with Crippen LogP contribution in [0.15, 0.2) is 46.7 Å². The van der Waals surface area contributed by atoms with Gasteiger partial charge in [0.2, 0.25) is 5.96 Å². The van der Waals surface area contributed by atoms with Gasteiger partial charge in [0.05, 0.1) is 13.3 Å². The van der Waals surface area contributed by atoms with Crippen LogP contribution in [-0.2, 0) is 6.61 Å². The summed E-state index contributed by atoms with van der Waals surface area (Å²) in [5.41, 5.74) is 12.1. The van der Waals surface area contributed by atoms with E-state index in [4.69, 9.17) is 32.5 Å². The Balaban J connectivity index is 2.08. The highest BCUT2D eigenvalue weighted by molar-refractivity contribution is 6.29. The molecule has 0 saturated heterocycles. The van der Waals surface area contributed by atoms with Crippen molar-refractivity contribution in [1.29, 1.82) is 0 Å². The molecule has 0 saturated carbocycles. The lowest BCUT2D eigenvalue weighted by Gasteiger charge is -2.11. The zero-order valence-electron chi connectivity index (χ0n) is 12.4. The number of pyridine rings is 1. The van der Waals surface area contributed by atoms with Gasteiger partial charge in [-0.3, -0.25) is 0 Å². The molecule has 8 heteroatoms. The highest BCUT2D eigenvalue weighted by atomic mass is 35.5. The molecule has 0 spiro atoms. The second-order valence-electron chi connectivity index (χ2n) is 4.46. The smallest absolute Gasteiger partial charge is 0.211 e. The highest BCUT2D eigenvalue weighted by Crippen LogP contribution is 2.28. The van der Waals surface area contributed by atoms with Crippen LogP contribution >= 0.6 is 11.6 Å². The molecule has 2 aromatic rings. The Morgan fingerprint density at radius 3 is 2.74 bits per heavy atom. The summed E-state index contributed by atoms with van der Waals surface area (Å²) in [6, 6.07) is 8.91. The molecule has 0 amide bonds. The Labute approximate surface area is 138 Å². The topological polar surface area (TPSA) is 108 Å². The molecule has 4 N–H and O–H groups in total. The lowest BCUT2D eigenvalue weighted by Crippen LogP contribution is -2.21. The Morgan fingerprint density at radius 1 is 1.26 bits per heavy atom. The SMILES string of the molecule is COc1cc(C=NN=C(N)N)ccc1OCc1ccc(Cl)nc1. The minimum atomic E-state index is -0.107. The third kappa shape index (κ3) is 5.15. The van der Waals surface area contributed by atoms with Crippen LogP contribution in [-0.4, -0.2) is 24.3 Å². The van der Waals surface area contributed by atoms with E-state index >= 15 is 0 Å². The van der Waals surface area contributed by atoms with Crippen molar-refractivity contribution in [3.05, 3.63) is 52.8 Å². The zero-order valence-corrected chi connectivity index (χ0v) is 13.2. The molecule has 1 heterocycles. The third-order valence-corrected chi connectivity index (χ3v) is 2.97. The van der Waals surface area contributed by atoms with Crippen molar-refractivity contribution in [2.24, 2.45) is 21.7 Å². The van der Waals surface area contributed by atoms with Gasteiger partial charge in [-0.05, 0) is 29.8 Å². The lowest BCUT2D eigenvalue weighted by molar-refractivity contribution is 0.284. The summed E-state index contributed by atoms with van der Waals surface area (Å²) < 4.78 is 11.0. The van der Waals surface area contributed by atoms with Gasteiger partial charge < -0.3 is 20.9 Å².